The largest absolute Gasteiger partial charge is 0.373 e. The number of benzene rings is 1. The van der Waals surface area contributed by atoms with Crippen molar-refractivity contribution in [1.82, 2.24) is 0 Å². The minimum absolute atomic E-state index is 0.254. The number of rotatable bonds is 2. The van der Waals surface area contributed by atoms with Gasteiger partial charge in [0, 0.05) is 4.47 Å². The van der Waals surface area contributed by atoms with Gasteiger partial charge in [-0.05, 0) is 41.1 Å². The van der Waals surface area contributed by atoms with Crippen LogP contribution in [0.1, 0.15) is 6.92 Å². The molecule has 0 saturated carbocycles. The van der Waals surface area contributed by atoms with E-state index >= 15 is 0 Å². The summed E-state index contributed by atoms with van der Waals surface area (Å²) in [6.07, 6.45) is 0. The highest BCUT2D eigenvalue weighted by Crippen LogP contribution is 2.22. The maximum absolute atomic E-state index is 12.8. The third-order valence-electron chi connectivity index (χ3n) is 1.47. The van der Waals surface area contributed by atoms with Crippen molar-refractivity contribution in [2.75, 3.05) is 11.9 Å². The third-order valence-corrected chi connectivity index (χ3v) is 2.16. The summed E-state index contributed by atoms with van der Waals surface area (Å²) in [4.78, 5) is 0. The van der Waals surface area contributed by atoms with Gasteiger partial charge in [-0.3, -0.25) is 0 Å². The van der Waals surface area contributed by atoms with Gasteiger partial charge in [-0.1, -0.05) is 5.92 Å². The quantitative estimate of drug-likeness (QED) is 0.786. The molecular weight excluding hydrogens is 233 g/mol. The predicted molar refractivity (Wildman–Crippen MR) is 56.0 cm³/mol. The second-order valence-corrected chi connectivity index (χ2v) is 3.26. The Bertz CT molecular complexity index is 352. The van der Waals surface area contributed by atoms with Gasteiger partial charge in [0.2, 0.25) is 0 Å². The topological polar surface area (TPSA) is 12.0 Å². The summed E-state index contributed by atoms with van der Waals surface area (Å²) in [5.41, 5.74) is 0.725. The van der Waals surface area contributed by atoms with Crippen LogP contribution in [0.5, 0.6) is 0 Å². The molecule has 13 heavy (non-hydrogen) atoms. The highest BCUT2D eigenvalue weighted by Gasteiger charge is 1.99. The van der Waals surface area contributed by atoms with Gasteiger partial charge in [0.25, 0.3) is 0 Å². The maximum Gasteiger partial charge on any atom is 0.125 e. The Morgan fingerprint density at radius 1 is 1.54 bits per heavy atom. The average molecular weight is 242 g/mol. The molecule has 3 heteroatoms. The molecule has 0 amide bonds. The van der Waals surface area contributed by atoms with Crippen molar-refractivity contribution in [1.29, 1.82) is 0 Å². The van der Waals surface area contributed by atoms with Crippen LogP contribution in [0.4, 0.5) is 10.1 Å². The zero-order chi connectivity index (χ0) is 9.68. The average Bonchev–Trinajstić information content (AvgIpc) is 2.11. The Morgan fingerprint density at radius 3 is 3.00 bits per heavy atom. The molecule has 1 N–H and O–H groups in total. The zero-order valence-corrected chi connectivity index (χ0v) is 8.78. The molecular formula is C10H9BrFN. The molecule has 0 spiro atoms. The van der Waals surface area contributed by atoms with Crippen molar-refractivity contribution in [2.45, 2.75) is 6.92 Å². The van der Waals surface area contributed by atoms with Gasteiger partial charge >= 0.3 is 0 Å². The molecule has 0 aliphatic rings. The van der Waals surface area contributed by atoms with E-state index in [1.165, 1.54) is 12.1 Å². The molecule has 68 valence electrons. The molecule has 0 fully saturated rings. The van der Waals surface area contributed by atoms with E-state index in [1.54, 1.807) is 13.0 Å². The monoisotopic (exact) mass is 241 g/mol. The molecule has 0 aliphatic heterocycles. The lowest BCUT2D eigenvalue weighted by Gasteiger charge is -2.04. The van der Waals surface area contributed by atoms with Crippen molar-refractivity contribution < 1.29 is 4.39 Å². The second-order valence-electron chi connectivity index (χ2n) is 2.40. The SMILES string of the molecule is CC#CCNc1cc(F)ccc1Br. The maximum atomic E-state index is 12.8. The normalized spacial score (nSPS) is 8.85. The number of hydrogen-bond acceptors (Lipinski definition) is 1. The molecule has 1 aromatic carbocycles. The van der Waals surface area contributed by atoms with Crippen LogP contribution in [0, 0.1) is 17.7 Å². The lowest BCUT2D eigenvalue weighted by Crippen LogP contribution is -1.99. The summed E-state index contributed by atoms with van der Waals surface area (Å²) in [6.45, 7) is 2.29. The first kappa shape index (κ1) is 10.1. The van der Waals surface area contributed by atoms with Gasteiger partial charge in [0.05, 0.1) is 12.2 Å². The van der Waals surface area contributed by atoms with Crippen molar-refractivity contribution in [3.05, 3.63) is 28.5 Å². The smallest absolute Gasteiger partial charge is 0.125 e. The summed E-state index contributed by atoms with van der Waals surface area (Å²) in [7, 11) is 0. The summed E-state index contributed by atoms with van der Waals surface area (Å²) < 4.78 is 13.6. The molecule has 1 aromatic rings. The van der Waals surface area contributed by atoms with E-state index in [1.807, 2.05) is 0 Å². The second kappa shape index (κ2) is 4.88. The van der Waals surface area contributed by atoms with Gasteiger partial charge in [-0.2, -0.15) is 0 Å². The Morgan fingerprint density at radius 2 is 2.31 bits per heavy atom. The van der Waals surface area contributed by atoms with Crippen LogP contribution in [0.2, 0.25) is 0 Å². The molecule has 0 radical (unpaired) electrons. The minimum Gasteiger partial charge on any atom is -0.373 e. The van der Waals surface area contributed by atoms with Crippen LogP contribution in [-0.4, -0.2) is 6.54 Å². The van der Waals surface area contributed by atoms with Crippen LogP contribution in [0.15, 0.2) is 22.7 Å². The van der Waals surface area contributed by atoms with Crippen molar-refractivity contribution in [2.24, 2.45) is 0 Å². The molecule has 0 aliphatic carbocycles. The molecule has 0 atom stereocenters. The van der Waals surface area contributed by atoms with Crippen LogP contribution in [0.25, 0.3) is 0 Å². The molecule has 1 rings (SSSR count). The zero-order valence-electron chi connectivity index (χ0n) is 7.20. The minimum atomic E-state index is -0.254. The Balaban J connectivity index is 2.73. The van der Waals surface area contributed by atoms with Gasteiger partial charge in [0.1, 0.15) is 5.82 Å². The van der Waals surface area contributed by atoms with Gasteiger partial charge < -0.3 is 5.32 Å². The fourth-order valence-corrected chi connectivity index (χ4v) is 1.25. The van der Waals surface area contributed by atoms with Crippen LogP contribution in [0.3, 0.4) is 0 Å². The number of halogens is 2. The van der Waals surface area contributed by atoms with E-state index in [0.29, 0.717) is 6.54 Å². The van der Waals surface area contributed by atoms with Gasteiger partial charge in [-0.25, -0.2) is 4.39 Å². The van der Waals surface area contributed by atoms with Gasteiger partial charge in [-0.15, -0.1) is 5.92 Å². The lowest BCUT2D eigenvalue weighted by molar-refractivity contribution is 0.628. The van der Waals surface area contributed by atoms with Crippen molar-refractivity contribution in [3.63, 3.8) is 0 Å². The lowest BCUT2D eigenvalue weighted by atomic mass is 10.3. The van der Waals surface area contributed by atoms with Crippen LogP contribution < -0.4 is 5.32 Å². The highest BCUT2D eigenvalue weighted by atomic mass is 79.9. The predicted octanol–water partition coefficient (Wildman–Crippen LogP) is 3.02. The van der Waals surface area contributed by atoms with Gasteiger partial charge in [0.15, 0.2) is 0 Å². The number of hydrogen-bond donors (Lipinski definition) is 1. The first-order valence-corrected chi connectivity index (χ1v) is 4.62. The van der Waals surface area contributed by atoms with Crippen molar-refractivity contribution >= 4 is 21.6 Å². The summed E-state index contributed by atoms with van der Waals surface area (Å²) in [6, 6.07) is 4.50. The first-order chi connectivity index (χ1) is 6.24. The summed E-state index contributed by atoms with van der Waals surface area (Å²) in [5, 5.41) is 2.99. The van der Waals surface area contributed by atoms with E-state index in [4.69, 9.17) is 0 Å². The fourth-order valence-electron chi connectivity index (χ4n) is 0.861. The summed E-state index contributed by atoms with van der Waals surface area (Å²) in [5.74, 6) is 5.34. The molecule has 0 bridgehead atoms. The summed E-state index contributed by atoms with van der Waals surface area (Å²) >= 11 is 3.31. The van der Waals surface area contributed by atoms with E-state index < -0.39 is 0 Å². The fraction of sp³-hybridized carbons (Fsp3) is 0.200. The Hall–Kier alpha value is -1.01. The highest BCUT2D eigenvalue weighted by molar-refractivity contribution is 9.10. The Labute approximate surface area is 85.5 Å². The molecule has 0 unspecified atom stereocenters. The molecule has 0 saturated heterocycles. The molecule has 0 aromatic heterocycles. The first-order valence-electron chi connectivity index (χ1n) is 3.82. The van der Waals surface area contributed by atoms with E-state index in [9.17, 15) is 4.39 Å². The number of anilines is 1. The molecule has 0 heterocycles. The molecule has 1 nitrogen and oxygen atoms in total. The standard InChI is InChI=1S/C10H9BrFN/c1-2-3-6-13-10-7-8(12)4-5-9(10)11/h4-5,7,13H,6H2,1H3. The third kappa shape index (κ3) is 3.08. The van der Waals surface area contributed by atoms with E-state index in [-0.39, 0.29) is 5.82 Å². The Kier molecular flexibility index (Phi) is 3.78. The van der Waals surface area contributed by atoms with E-state index in [2.05, 4.69) is 33.1 Å². The number of nitrogens with one attached hydrogen (secondary N) is 1. The van der Waals surface area contributed by atoms with Crippen LogP contribution in [-0.2, 0) is 0 Å². The van der Waals surface area contributed by atoms with E-state index in [0.717, 1.165) is 10.2 Å². The van der Waals surface area contributed by atoms with Crippen LogP contribution >= 0.6 is 15.9 Å². The van der Waals surface area contributed by atoms with Crippen molar-refractivity contribution in [3.8, 4) is 11.8 Å².